The van der Waals surface area contributed by atoms with E-state index in [1.165, 1.54) is 0 Å². The van der Waals surface area contributed by atoms with E-state index in [1.54, 1.807) is 16.9 Å². The third kappa shape index (κ3) is 6.01. The number of carbonyl (C=O) groups excluding carboxylic acids is 1. The second kappa shape index (κ2) is 8.19. The van der Waals surface area contributed by atoms with Gasteiger partial charge in [0.2, 0.25) is 0 Å². The highest BCUT2D eigenvalue weighted by atomic mass is 79.9. The molecule has 0 aliphatic heterocycles. The SMILES string of the molecule is CN(C)CCC(NC(=O)c1ccc(Cn2cc(Br)cn2)o1)C(C)(C)C. The molecule has 1 atom stereocenters. The Labute approximate surface area is 157 Å². The molecule has 0 saturated carbocycles. The summed E-state index contributed by atoms with van der Waals surface area (Å²) in [5.74, 6) is 0.855. The molecule has 0 aliphatic carbocycles. The second-order valence-corrected chi connectivity index (χ2v) is 8.52. The van der Waals surface area contributed by atoms with E-state index in [9.17, 15) is 4.79 Å². The number of furan rings is 1. The lowest BCUT2D eigenvalue weighted by molar-refractivity contribution is 0.0862. The van der Waals surface area contributed by atoms with Crippen molar-refractivity contribution < 1.29 is 9.21 Å². The van der Waals surface area contributed by atoms with Crippen LogP contribution in [0.15, 0.2) is 33.4 Å². The molecular weight excluding hydrogens is 384 g/mol. The molecule has 25 heavy (non-hydrogen) atoms. The summed E-state index contributed by atoms with van der Waals surface area (Å²) < 4.78 is 8.36. The molecule has 0 saturated heterocycles. The number of nitrogens with one attached hydrogen (secondary N) is 1. The summed E-state index contributed by atoms with van der Waals surface area (Å²) >= 11 is 3.36. The Morgan fingerprint density at radius 2 is 2.12 bits per heavy atom. The van der Waals surface area contributed by atoms with Gasteiger partial charge in [0.1, 0.15) is 5.76 Å². The Bertz CT molecular complexity index is 700. The lowest BCUT2D eigenvalue weighted by Gasteiger charge is -2.32. The zero-order valence-electron chi connectivity index (χ0n) is 15.5. The molecule has 0 bridgehead atoms. The molecule has 1 unspecified atom stereocenters. The van der Waals surface area contributed by atoms with Gasteiger partial charge in [-0.15, -0.1) is 0 Å². The molecule has 6 nitrogen and oxygen atoms in total. The van der Waals surface area contributed by atoms with Crippen molar-refractivity contribution in [2.75, 3.05) is 20.6 Å². The number of carbonyl (C=O) groups is 1. The van der Waals surface area contributed by atoms with Gasteiger partial charge >= 0.3 is 0 Å². The fraction of sp³-hybridized carbons (Fsp3) is 0.556. The molecule has 0 spiro atoms. The molecule has 2 aromatic heterocycles. The Balaban J connectivity index is 2.01. The summed E-state index contributed by atoms with van der Waals surface area (Å²) in [4.78, 5) is 14.7. The number of halogens is 1. The first-order chi connectivity index (χ1) is 11.6. The molecule has 138 valence electrons. The lowest BCUT2D eigenvalue weighted by atomic mass is 9.84. The number of aromatic nitrogens is 2. The minimum Gasteiger partial charge on any atom is -0.454 e. The fourth-order valence-electron chi connectivity index (χ4n) is 2.51. The maximum absolute atomic E-state index is 12.6. The van der Waals surface area contributed by atoms with Crippen molar-refractivity contribution in [2.24, 2.45) is 5.41 Å². The van der Waals surface area contributed by atoms with Gasteiger partial charge in [-0.05, 0) is 60.5 Å². The minimum absolute atomic E-state index is 0.0254. The number of hydrogen-bond acceptors (Lipinski definition) is 4. The van der Waals surface area contributed by atoms with Gasteiger partial charge in [-0.2, -0.15) is 5.10 Å². The highest BCUT2D eigenvalue weighted by Gasteiger charge is 2.27. The van der Waals surface area contributed by atoms with Crippen LogP contribution in [0.4, 0.5) is 0 Å². The van der Waals surface area contributed by atoms with Gasteiger partial charge in [-0.1, -0.05) is 20.8 Å². The average molecular weight is 411 g/mol. The van der Waals surface area contributed by atoms with Crippen molar-refractivity contribution in [3.8, 4) is 0 Å². The summed E-state index contributed by atoms with van der Waals surface area (Å²) in [6, 6.07) is 3.60. The summed E-state index contributed by atoms with van der Waals surface area (Å²) in [6.07, 6.45) is 4.46. The zero-order valence-corrected chi connectivity index (χ0v) is 17.1. The molecule has 0 aromatic carbocycles. The Morgan fingerprint density at radius 1 is 1.40 bits per heavy atom. The van der Waals surface area contributed by atoms with E-state index in [-0.39, 0.29) is 17.4 Å². The van der Waals surface area contributed by atoms with E-state index in [4.69, 9.17) is 4.42 Å². The quantitative estimate of drug-likeness (QED) is 0.759. The van der Waals surface area contributed by atoms with Crippen LogP contribution in [0.1, 0.15) is 43.5 Å². The van der Waals surface area contributed by atoms with E-state index >= 15 is 0 Å². The molecule has 2 aromatic rings. The monoisotopic (exact) mass is 410 g/mol. The van der Waals surface area contributed by atoms with Gasteiger partial charge in [-0.3, -0.25) is 9.48 Å². The maximum Gasteiger partial charge on any atom is 0.287 e. The van der Waals surface area contributed by atoms with Gasteiger partial charge in [0.15, 0.2) is 5.76 Å². The predicted molar refractivity (Wildman–Crippen MR) is 102 cm³/mol. The van der Waals surface area contributed by atoms with Crippen LogP contribution in [-0.2, 0) is 6.54 Å². The Hall–Kier alpha value is -1.60. The van der Waals surface area contributed by atoms with Crippen LogP contribution < -0.4 is 5.32 Å². The second-order valence-electron chi connectivity index (χ2n) is 7.61. The molecular formula is C18H27BrN4O2. The Morgan fingerprint density at radius 3 is 2.68 bits per heavy atom. The molecule has 1 amide bonds. The van der Waals surface area contributed by atoms with Crippen molar-refractivity contribution >= 4 is 21.8 Å². The first-order valence-electron chi connectivity index (χ1n) is 8.37. The highest BCUT2D eigenvalue weighted by Crippen LogP contribution is 2.23. The van der Waals surface area contributed by atoms with Crippen LogP contribution in [0.3, 0.4) is 0 Å². The van der Waals surface area contributed by atoms with E-state index in [0.717, 1.165) is 17.4 Å². The molecule has 0 fully saturated rings. The van der Waals surface area contributed by atoms with Gasteiger partial charge < -0.3 is 14.6 Å². The number of amides is 1. The maximum atomic E-state index is 12.6. The summed E-state index contributed by atoms with van der Waals surface area (Å²) in [6.45, 7) is 7.81. The van der Waals surface area contributed by atoms with Crippen LogP contribution in [0.5, 0.6) is 0 Å². The van der Waals surface area contributed by atoms with Gasteiger partial charge in [0.25, 0.3) is 5.91 Å². The normalized spacial score (nSPS) is 13.2. The summed E-state index contributed by atoms with van der Waals surface area (Å²) in [7, 11) is 4.07. The average Bonchev–Trinajstić information content (AvgIpc) is 3.11. The third-order valence-electron chi connectivity index (χ3n) is 4.02. The molecule has 2 heterocycles. The van der Waals surface area contributed by atoms with Crippen molar-refractivity contribution in [2.45, 2.75) is 39.8 Å². The van der Waals surface area contributed by atoms with Crippen molar-refractivity contribution in [1.29, 1.82) is 0 Å². The molecule has 7 heteroatoms. The molecule has 2 rings (SSSR count). The number of nitrogens with zero attached hydrogens (tertiary/aromatic N) is 3. The van der Waals surface area contributed by atoms with Gasteiger partial charge in [0, 0.05) is 12.2 Å². The first kappa shape index (κ1) is 19.7. The van der Waals surface area contributed by atoms with E-state index in [0.29, 0.717) is 18.1 Å². The van der Waals surface area contributed by atoms with Gasteiger partial charge in [-0.25, -0.2) is 0 Å². The summed E-state index contributed by atoms with van der Waals surface area (Å²) in [5, 5.41) is 7.31. The smallest absolute Gasteiger partial charge is 0.287 e. The van der Waals surface area contributed by atoms with Crippen LogP contribution in [0.25, 0.3) is 0 Å². The topological polar surface area (TPSA) is 63.3 Å². The fourth-order valence-corrected chi connectivity index (χ4v) is 2.84. The van der Waals surface area contributed by atoms with Crippen molar-refractivity contribution in [3.05, 3.63) is 40.5 Å². The largest absolute Gasteiger partial charge is 0.454 e. The lowest BCUT2D eigenvalue weighted by Crippen LogP contribution is -2.45. The Kier molecular flexibility index (Phi) is 6.46. The van der Waals surface area contributed by atoms with Crippen LogP contribution in [-0.4, -0.2) is 47.3 Å². The molecule has 1 N–H and O–H groups in total. The zero-order chi connectivity index (χ0) is 18.6. The predicted octanol–water partition coefficient (Wildman–Crippen LogP) is 3.38. The van der Waals surface area contributed by atoms with Crippen molar-refractivity contribution in [1.82, 2.24) is 20.0 Å². The van der Waals surface area contributed by atoms with E-state index < -0.39 is 0 Å². The van der Waals surface area contributed by atoms with Crippen LogP contribution >= 0.6 is 15.9 Å². The first-order valence-corrected chi connectivity index (χ1v) is 9.16. The van der Waals surface area contributed by atoms with Crippen molar-refractivity contribution in [3.63, 3.8) is 0 Å². The highest BCUT2D eigenvalue weighted by molar-refractivity contribution is 9.10. The minimum atomic E-state index is -0.174. The van der Waals surface area contributed by atoms with Crippen LogP contribution in [0, 0.1) is 5.41 Å². The van der Waals surface area contributed by atoms with E-state index in [2.05, 4.69) is 52.0 Å². The van der Waals surface area contributed by atoms with Gasteiger partial charge in [0.05, 0.1) is 17.2 Å². The number of hydrogen-bond donors (Lipinski definition) is 1. The summed E-state index contributed by atoms with van der Waals surface area (Å²) in [5.41, 5.74) is -0.0254. The van der Waals surface area contributed by atoms with E-state index in [1.807, 2.05) is 26.4 Å². The molecule has 0 aliphatic rings. The molecule has 0 radical (unpaired) electrons. The van der Waals surface area contributed by atoms with Crippen LogP contribution in [0.2, 0.25) is 0 Å². The standard InChI is InChI=1S/C18H27BrN4O2/c1-18(2,3)16(8-9-22(4)5)21-17(24)15-7-6-14(25-15)12-23-11-13(19)10-20-23/h6-7,10-11,16H,8-9,12H2,1-5H3,(H,21,24). The third-order valence-corrected chi connectivity index (χ3v) is 4.43. The number of rotatable bonds is 7.